The molecule has 7 nitrogen and oxygen atoms in total. The molecule has 42 heavy (non-hydrogen) atoms. The average Bonchev–Trinajstić information content (AvgIpc) is 3.47. The number of sulfonamides is 1. The van der Waals surface area contributed by atoms with Crippen LogP contribution < -0.4 is 9.62 Å². The van der Waals surface area contributed by atoms with Gasteiger partial charge in [0, 0.05) is 17.6 Å². The monoisotopic (exact) mass is 633 g/mol. The molecule has 1 aliphatic carbocycles. The molecule has 1 atom stereocenters. The Bertz CT molecular complexity index is 1510. The SMILES string of the molecule is CC[C@@H](C(=O)NC1CCCC1)N(Cc1ccc(F)cc1)C(=O)CN(c1cc(Cl)ccc1Cl)S(=O)(=O)c1ccc(C)cc1. The second-order valence-electron chi connectivity index (χ2n) is 10.5. The van der Waals surface area contributed by atoms with E-state index >= 15 is 0 Å². The highest BCUT2D eigenvalue weighted by molar-refractivity contribution is 7.92. The van der Waals surface area contributed by atoms with Crippen LogP contribution in [0.15, 0.2) is 71.6 Å². The molecule has 1 aliphatic rings. The fourth-order valence-electron chi connectivity index (χ4n) is 5.10. The van der Waals surface area contributed by atoms with E-state index in [-0.39, 0.29) is 45.5 Å². The Balaban J connectivity index is 1.74. The summed E-state index contributed by atoms with van der Waals surface area (Å²) in [7, 11) is -4.30. The summed E-state index contributed by atoms with van der Waals surface area (Å²) in [5, 5.41) is 3.38. The van der Waals surface area contributed by atoms with Gasteiger partial charge in [0.1, 0.15) is 18.4 Å². The van der Waals surface area contributed by atoms with Crippen molar-refractivity contribution in [2.24, 2.45) is 0 Å². The van der Waals surface area contributed by atoms with Crippen LogP contribution in [0.2, 0.25) is 10.0 Å². The Labute approximate surface area is 256 Å². The maximum Gasteiger partial charge on any atom is 0.264 e. The lowest BCUT2D eigenvalue weighted by Gasteiger charge is -2.34. The van der Waals surface area contributed by atoms with Gasteiger partial charge in [0.15, 0.2) is 0 Å². The van der Waals surface area contributed by atoms with Gasteiger partial charge in [-0.2, -0.15) is 0 Å². The molecule has 0 radical (unpaired) electrons. The van der Waals surface area contributed by atoms with Crippen LogP contribution in [0, 0.1) is 12.7 Å². The van der Waals surface area contributed by atoms with Gasteiger partial charge in [0.25, 0.3) is 10.0 Å². The van der Waals surface area contributed by atoms with E-state index in [2.05, 4.69) is 5.32 Å². The molecule has 1 saturated carbocycles. The molecule has 0 aromatic heterocycles. The first-order valence-corrected chi connectivity index (χ1v) is 16.1. The third kappa shape index (κ3) is 7.62. The Morgan fingerprint density at radius 1 is 1.00 bits per heavy atom. The molecular formula is C31H34Cl2FN3O4S. The van der Waals surface area contributed by atoms with E-state index in [1.807, 2.05) is 6.92 Å². The molecule has 4 rings (SSSR count). The zero-order valence-electron chi connectivity index (χ0n) is 23.5. The van der Waals surface area contributed by atoms with Gasteiger partial charge in [0.2, 0.25) is 11.8 Å². The fourth-order valence-corrected chi connectivity index (χ4v) is 6.96. The van der Waals surface area contributed by atoms with Crippen LogP contribution in [0.3, 0.4) is 0 Å². The first-order chi connectivity index (χ1) is 20.0. The van der Waals surface area contributed by atoms with E-state index < -0.39 is 34.3 Å². The molecule has 0 heterocycles. The van der Waals surface area contributed by atoms with Crippen LogP contribution in [-0.2, 0) is 26.2 Å². The van der Waals surface area contributed by atoms with Gasteiger partial charge in [-0.25, -0.2) is 12.8 Å². The van der Waals surface area contributed by atoms with Crippen molar-refractivity contribution in [2.75, 3.05) is 10.8 Å². The third-order valence-electron chi connectivity index (χ3n) is 7.42. The normalized spacial score (nSPS) is 14.4. The highest BCUT2D eigenvalue weighted by Gasteiger charge is 2.35. The van der Waals surface area contributed by atoms with Crippen molar-refractivity contribution < 1.29 is 22.4 Å². The van der Waals surface area contributed by atoms with Gasteiger partial charge in [-0.15, -0.1) is 0 Å². The summed E-state index contributed by atoms with van der Waals surface area (Å²) >= 11 is 12.7. The molecule has 0 bridgehead atoms. The fraction of sp³-hybridized carbons (Fsp3) is 0.355. The van der Waals surface area contributed by atoms with E-state index in [0.717, 1.165) is 35.6 Å². The zero-order chi connectivity index (χ0) is 30.4. The molecule has 2 amide bonds. The number of carbonyl (C=O) groups excluding carboxylic acids is 2. The smallest absolute Gasteiger partial charge is 0.264 e. The van der Waals surface area contributed by atoms with E-state index in [4.69, 9.17) is 23.2 Å². The summed E-state index contributed by atoms with van der Waals surface area (Å²) in [5.74, 6) is -1.37. The van der Waals surface area contributed by atoms with Crippen molar-refractivity contribution in [2.45, 2.75) is 69.5 Å². The second kappa shape index (κ2) is 13.9. The molecule has 3 aromatic carbocycles. The van der Waals surface area contributed by atoms with Gasteiger partial charge in [-0.05, 0) is 74.2 Å². The van der Waals surface area contributed by atoms with Crippen molar-refractivity contribution in [3.8, 4) is 0 Å². The number of nitrogens with zero attached hydrogens (tertiary/aromatic N) is 2. The van der Waals surface area contributed by atoms with Gasteiger partial charge in [-0.1, -0.05) is 72.8 Å². The maximum atomic E-state index is 14.2. The average molecular weight is 635 g/mol. The van der Waals surface area contributed by atoms with Gasteiger partial charge < -0.3 is 10.2 Å². The highest BCUT2D eigenvalue weighted by atomic mass is 35.5. The molecule has 0 saturated heterocycles. The van der Waals surface area contributed by atoms with Crippen LogP contribution in [0.5, 0.6) is 0 Å². The maximum absolute atomic E-state index is 14.2. The molecule has 0 spiro atoms. The Morgan fingerprint density at radius 3 is 2.26 bits per heavy atom. The van der Waals surface area contributed by atoms with Crippen LogP contribution in [0.25, 0.3) is 0 Å². The van der Waals surface area contributed by atoms with Gasteiger partial charge in [-0.3, -0.25) is 13.9 Å². The number of hydrogen-bond acceptors (Lipinski definition) is 4. The van der Waals surface area contributed by atoms with Crippen molar-refractivity contribution in [1.82, 2.24) is 10.2 Å². The number of anilines is 1. The summed E-state index contributed by atoms with van der Waals surface area (Å²) in [6.07, 6.45) is 4.06. The van der Waals surface area contributed by atoms with Crippen LogP contribution in [0.4, 0.5) is 10.1 Å². The molecule has 1 fully saturated rings. The Kier molecular flexibility index (Phi) is 10.5. The van der Waals surface area contributed by atoms with Crippen LogP contribution in [0.1, 0.15) is 50.2 Å². The number of benzene rings is 3. The summed E-state index contributed by atoms with van der Waals surface area (Å²) in [4.78, 5) is 29.0. The lowest BCUT2D eigenvalue weighted by atomic mass is 10.1. The minimum absolute atomic E-state index is 0.0259. The summed E-state index contributed by atoms with van der Waals surface area (Å²) in [6.45, 7) is 2.95. The van der Waals surface area contributed by atoms with E-state index in [9.17, 15) is 22.4 Å². The van der Waals surface area contributed by atoms with E-state index in [1.54, 1.807) is 19.1 Å². The predicted molar refractivity (Wildman–Crippen MR) is 164 cm³/mol. The van der Waals surface area contributed by atoms with Crippen LogP contribution in [-0.4, -0.2) is 43.8 Å². The van der Waals surface area contributed by atoms with Crippen molar-refractivity contribution in [3.63, 3.8) is 0 Å². The highest BCUT2D eigenvalue weighted by Crippen LogP contribution is 2.33. The number of hydrogen-bond donors (Lipinski definition) is 1. The van der Waals surface area contributed by atoms with Crippen molar-refractivity contribution >= 4 is 50.7 Å². The number of rotatable bonds is 11. The van der Waals surface area contributed by atoms with E-state index in [1.165, 1.54) is 59.5 Å². The molecule has 0 unspecified atom stereocenters. The minimum atomic E-state index is -4.30. The molecule has 1 N–H and O–H groups in total. The lowest BCUT2D eigenvalue weighted by molar-refractivity contribution is -0.140. The predicted octanol–water partition coefficient (Wildman–Crippen LogP) is 6.50. The molecule has 0 aliphatic heterocycles. The van der Waals surface area contributed by atoms with E-state index in [0.29, 0.717) is 5.56 Å². The first kappa shape index (κ1) is 31.8. The molecule has 224 valence electrons. The number of nitrogens with one attached hydrogen (secondary N) is 1. The minimum Gasteiger partial charge on any atom is -0.352 e. The summed E-state index contributed by atoms with van der Waals surface area (Å²) < 4.78 is 42.6. The van der Waals surface area contributed by atoms with Crippen molar-refractivity contribution in [1.29, 1.82) is 0 Å². The largest absolute Gasteiger partial charge is 0.352 e. The number of amides is 2. The molecule has 11 heteroatoms. The number of halogens is 3. The standard InChI is InChI=1S/C31H34Cl2FN3O4S/c1-3-28(31(39)35-25-6-4-5-7-25)36(19-22-10-13-24(34)14-11-22)30(38)20-37(29-18-23(32)12-17-27(29)33)42(40,41)26-15-8-21(2)9-16-26/h8-18,25,28H,3-7,19-20H2,1-2H3,(H,35,39)/t28-/m0/s1. The molecule has 3 aromatic rings. The Morgan fingerprint density at radius 2 is 1.64 bits per heavy atom. The lowest BCUT2D eigenvalue weighted by Crippen LogP contribution is -2.53. The molecular weight excluding hydrogens is 600 g/mol. The second-order valence-corrected chi connectivity index (χ2v) is 13.2. The van der Waals surface area contributed by atoms with Gasteiger partial charge in [0.05, 0.1) is 15.6 Å². The number of aryl methyl sites for hydroxylation is 1. The summed E-state index contributed by atoms with van der Waals surface area (Å²) in [5.41, 5.74) is 1.48. The van der Waals surface area contributed by atoms with Gasteiger partial charge >= 0.3 is 0 Å². The summed E-state index contributed by atoms with van der Waals surface area (Å²) in [6, 6.07) is 15.4. The first-order valence-electron chi connectivity index (χ1n) is 13.9. The van der Waals surface area contributed by atoms with Crippen molar-refractivity contribution in [3.05, 3.63) is 93.7 Å². The Hall–Kier alpha value is -3.14. The topological polar surface area (TPSA) is 86.8 Å². The third-order valence-corrected chi connectivity index (χ3v) is 9.75. The quantitative estimate of drug-likeness (QED) is 0.261. The van der Waals surface area contributed by atoms with Crippen LogP contribution >= 0.6 is 23.2 Å². The number of carbonyl (C=O) groups is 2. The zero-order valence-corrected chi connectivity index (χ0v) is 25.9.